The summed E-state index contributed by atoms with van der Waals surface area (Å²) in [5.74, 6) is 6.62. The molecule has 5 nitrogen and oxygen atoms in total. The van der Waals surface area contributed by atoms with E-state index in [1.54, 1.807) is 16.7 Å². The predicted octanol–water partition coefficient (Wildman–Crippen LogP) is 3.46. The molecule has 0 amide bonds. The fraction of sp³-hybridized carbons (Fsp3) is 0.458. The molecule has 0 N–H and O–H groups in total. The van der Waals surface area contributed by atoms with Gasteiger partial charge in [-0.3, -0.25) is 4.79 Å². The minimum atomic E-state index is -0.333. The molecule has 1 aliphatic carbocycles. The molecule has 1 saturated carbocycles. The van der Waals surface area contributed by atoms with E-state index in [0.29, 0.717) is 43.7 Å². The number of hydrogen-bond acceptors (Lipinski definition) is 4. The van der Waals surface area contributed by atoms with Gasteiger partial charge in [0, 0.05) is 17.7 Å². The van der Waals surface area contributed by atoms with Crippen LogP contribution < -0.4 is 10.3 Å². The smallest absolute Gasteiger partial charge is 0.254 e. The monoisotopic (exact) mass is 411 g/mol. The number of ether oxygens (including phenoxy) is 3. The Balaban J connectivity index is 1.52. The largest absolute Gasteiger partial charge is 0.491 e. The van der Waals surface area contributed by atoms with Crippen molar-refractivity contribution in [2.75, 3.05) is 26.4 Å². The van der Waals surface area contributed by atoms with Crippen LogP contribution in [0, 0.1) is 30.5 Å². The molecule has 2 unspecified atom stereocenters. The first kappa shape index (κ1) is 20.6. The van der Waals surface area contributed by atoms with Crippen molar-refractivity contribution in [1.82, 2.24) is 4.57 Å². The maximum Gasteiger partial charge on any atom is 0.254 e. The summed E-state index contributed by atoms with van der Waals surface area (Å²) in [5, 5.41) is 0. The zero-order valence-electron chi connectivity index (χ0n) is 17.3. The molecular formula is C24H26FNO4. The first-order valence-corrected chi connectivity index (χ1v) is 10.4. The van der Waals surface area contributed by atoms with Crippen molar-refractivity contribution in [2.45, 2.75) is 38.8 Å². The summed E-state index contributed by atoms with van der Waals surface area (Å²) < 4.78 is 32.5. The van der Waals surface area contributed by atoms with Gasteiger partial charge < -0.3 is 18.8 Å². The third kappa shape index (κ3) is 4.92. The highest BCUT2D eigenvalue weighted by Gasteiger charge is 2.19. The number of benzene rings is 1. The average molecular weight is 411 g/mol. The fourth-order valence-electron chi connectivity index (χ4n) is 3.54. The molecule has 2 atom stereocenters. The highest BCUT2D eigenvalue weighted by atomic mass is 19.1. The van der Waals surface area contributed by atoms with Crippen molar-refractivity contribution in [1.29, 1.82) is 0 Å². The Morgan fingerprint density at radius 1 is 1.27 bits per heavy atom. The van der Waals surface area contributed by atoms with E-state index in [9.17, 15) is 9.18 Å². The van der Waals surface area contributed by atoms with Gasteiger partial charge in [0.1, 0.15) is 24.3 Å². The van der Waals surface area contributed by atoms with E-state index in [4.69, 9.17) is 14.2 Å². The lowest BCUT2D eigenvalue weighted by Gasteiger charge is -2.23. The van der Waals surface area contributed by atoms with Crippen molar-refractivity contribution >= 4 is 0 Å². The molecular weight excluding hydrogens is 385 g/mol. The number of aryl methyl sites for hydroxylation is 1. The van der Waals surface area contributed by atoms with Crippen LogP contribution in [-0.2, 0) is 9.47 Å². The number of pyridine rings is 1. The van der Waals surface area contributed by atoms with Gasteiger partial charge in [0.2, 0.25) is 0 Å². The maximum atomic E-state index is 14.1. The van der Waals surface area contributed by atoms with E-state index >= 15 is 0 Å². The normalized spacial score (nSPS) is 19.6. The number of hydrogen-bond donors (Lipinski definition) is 0. The molecule has 2 fully saturated rings. The molecule has 0 spiro atoms. The van der Waals surface area contributed by atoms with E-state index in [1.165, 1.54) is 12.1 Å². The minimum Gasteiger partial charge on any atom is -0.491 e. The van der Waals surface area contributed by atoms with Crippen molar-refractivity contribution in [3.8, 4) is 17.6 Å². The SMILES string of the molecule is Cc1cc(OCC2COCCO2)cc(=O)n1C(C)c1ccc(F)c(C#CC2CC2)c1. The Kier molecular flexibility index (Phi) is 6.21. The van der Waals surface area contributed by atoms with Crippen LogP contribution >= 0.6 is 0 Å². The zero-order chi connectivity index (χ0) is 21.1. The van der Waals surface area contributed by atoms with E-state index in [0.717, 1.165) is 24.1 Å². The third-order valence-corrected chi connectivity index (χ3v) is 5.40. The molecule has 1 aliphatic heterocycles. The van der Waals surface area contributed by atoms with Crippen LogP contribution in [0.15, 0.2) is 35.1 Å². The van der Waals surface area contributed by atoms with Crippen molar-refractivity contribution in [3.05, 3.63) is 63.3 Å². The molecule has 30 heavy (non-hydrogen) atoms. The fourth-order valence-corrected chi connectivity index (χ4v) is 3.54. The Morgan fingerprint density at radius 2 is 2.10 bits per heavy atom. The molecule has 1 saturated heterocycles. The van der Waals surface area contributed by atoms with Gasteiger partial charge in [-0.2, -0.15) is 0 Å². The second-order valence-electron chi connectivity index (χ2n) is 7.88. The van der Waals surface area contributed by atoms with Gasteiger partial charge in [0.15, 0.2) is 0 Å². The average Bonchev–Trinajstić information content (AvgIpc) is 3.56. The zero-order valence-corrected chi connectivity index (χ0v) is 17.3. The van der Waals surface area contributed by atoms with Crippen molar-refractivity contribution < 1.29 is 18.6 Å². The van der Waals surface area contributed by atoms with Gasteiger partial charge in [-0.1, -0.05) is 17.9 Å². The first-order chi connectivity index (χ1) is 14.5. The van der Waals surface area contributed by atoms with Crippen LogP contribution in [0.5, 0.6) is 5.75 Å². The first-order valence-electron chi connectivity index (χ1n) is 10.4. The molecule has 2 aromatic rings. The van der Waals surface area contributed by atoms with E-state index in [2.05, 4.69) is 11.8 Å². The van der Waals surface area contributed by atoms with Crippen LogP contribution in [0.25, 0.3) is 0 Å². The Morgan fingerprint density at radius 3 is 2.80 bits per heavy atom. The third-order valence-electron chi connectivity index (χ3n) is 5.40. The minimum absolute atomic E-state index is 0.130. The van der Waals surface area contributed by atoms with Gasteiger partial charge >= 0.3 is 0 Å². The summed E-state index contributed by atoms with van der Waals surface area (Å²) >= 11 is 0. The molecule has 2 heterocycles. The Labute approximate surface area is 175 Å². The van der Waals surface area contributed by atoms with E-state index < -0.39 is 0 Å². The predicted molar refractivity (Wildman–Crippen MR) is 111 cm³/mol. The summed E-state index contributed by atoms with van der Waals surface area (Å²) in [4.78, 5) is 12.8. The summed E-state index contributed by atoms with van der Waals surface area (Å²) in [5.41, 5.74) is 1.81. The van der Waals surface area contributed by atoms with Gasteiger partial charge in [-0.05, 0) is 50.5 Å². The van der Waals surface area contributed by atoms with Gasteiger partial charge in [0.05, 0.1) is 31.4 Å². The van der Waals surface area contributed by atoms with Crippen LogP contribution in [0.3, 0.4) is 0 Å². The molecule has 0 bridgehead atoms. The number of nitrogens with zero attached hydrogens (tertiary/aromatic N) is 1. The molecule has 1 aromatic heterocycles. The summed E-state index contributed by atoms with van der Waals surface area (Å²) in [7, 11) is 0. The van der Waals surface area contributed by atoms with Gasteiger partial charge in [0.25, 0.3) is 5.56 Å². The molecule has 158 valence electrons. The molecule has 6 heteroatoms. The molecule has 0 radical (unpaired) electrons. The van der Waals surface area contributed by atoms with Crippen LogP contribution in [0.2, 0.25) is 0 Å². The standard InChI is InChI=1S/C24H26FNO4/c1-16-11-21(30-15-22-14-28-9-10-29-22)13-24(27)26(16)17(2)19-7-8-23(25)20(12-19)6-5-18-3-4-18/h7-8,11-13,17-18,22H,3-4,9-10,14-15H2,1-2H3. The Bertz CT molecular complexity index is 1030. The summed E-state index contributed by atoms with van der Waals surface area (Å²) in [6.45, 7) is 5.76. The van der Waals surface area contributed by atoms with E-state index in [1.807, 2.05) is 19.9 Å². The topological polar surface area (TPSA) is 49.7 Å². The van der Waals surface area contributed by atoms with E-state index in [-0.39, 0.29) is 23.5 Å². The second-order valence-corrected chi connectivity index (χ2v) is 7.88. The second kappa shape index (κ2) is 9.03. The maximum absolute atomic E-state index is 14.1. The summed E-state index contributed by atoms with van der Waals surface area (Å²) in [6.07, 6.45) is 2.05. The van der Waals surface area contributed by atoms with Gasteiger partial charge in [-0.25, -0.2) is 4.39 Å². The number of aromatic nitrogens is 1. The quantitative estimate of drug-likeness (QED) is 0.707. The molecule has 1 aromatic carbocycles. The lowest BCUT2D eigenvalue weighted by molar-refractivity contribution is -0.101. The van der Waals surface area contributed by atoms with Crippen LogP contribution in [0.4, 0.5) is 4.39 Å². The Hall–Kier alpha value is -2.62. The van der Waals surface area contributed by atoms with Crippen molar-refractivity contribution in [2.24, 2.45) is 5.92 Å². The lowest BCUT2D eigenvalue weighted by atomic mass is 10.0. The number of rotatable bonds is 5. The highest BCUT2D eigenvalue weighted by Crippen LogP contribution is 2.28. The molecule has 4 rings (SSSR count). The van der Waals surface area contributed by atoms with Crippen LogP contribution in [-0.4, -0.2) is 37.1 Å². The van der Waals surface area contributed by atoms with Crippen LogP contribution in [0.1, 0.15) is 42.6 Å². The van der Waals surface area contributed by atoms with Gasteiger partial charge in [-0.15, -0.1) is 0 Å². The van der Waals surface area contributed by atoms with Crippen molar-refractivity contribution in [3.63, 3.8) is 0 Å². The highest BCUT2D eigenvalue weighted by molar-refractivity contribution is 5.40. The lowest BCUT2D eigenvalue weighted by Crippen LogP contribution is -2.33. The number of halogens is 1. The summed E-state index contributed by atoms with van der Waals surface area (Å²) in [6, 6.07) is 7.92. The molecule has 2 aliphatic rings.